The number of amides is 1. The Kier molecular flexibility index (Phi) is 3.96. The molecule has 2 heterocycles. The van der Waals surface area contributed by atoms with E-state index in [1.807, 2.05) is 16.3 Å². The third-order valence-electron chi connectivity index (χ3n) is 3.07. The number of thiophene rings is 1. The Hall–Kier alpha value is -0.870. The van der Waals surface area contributed by atoms with Gasteiger partial charge >= 0.3 is 0 Å². The summed E-state index contributed by atoms with van der Waals surface area (Å²) in [5.74, 6) is 0.259. The van der Waals surface area contributed by atoms with Crippen LogP contribution in [0.3, 0.4) is 0 Å². The fourth-order valence-corrected chi connectivity index (χ4v) is 2.88. The van der Waals surface area contributed by atoms with Gasteiger partial charge in [-0.25, -0.2) is 0 Å². The molecule has 3 nitrogen and oxygen atoms in total. The minimum absolute atomic E-state index is 0.259. The number of hydrogen-bond acceptors (Lipinski definition) is 3. The number of rotatable bonds is 4. The highest BCUT2D eigenvalue weighted by atomic mass is 32.1. The van der Waals surface area contributed by atoms with Crippen LogP contribution in [0.15, 0.2) is 16.8 Å². The first-order valence-corrected chi connectivity index (χ1v) is 6.76. The van der Waals surface area contributed by atoms with E-state index in [4.69, 9.17) is 0 Å². The summed E-state index contributed by atoms with van der Waals surface area (Å²) < 4.78 is 0. The van der Waals surface area contributed by atoms with Crippen LogP contribution in [0.4, 0.5) is 0 Å². The van der Waals surface area contributed by atoms with Crippen molar-refractivity contribution in [2.75, 3.05) is 19.6 Å². The van der Waals surface area contributed by atoms with Crippen LogP contribution in [-0.2, 0) is 11.2 Å². The van der Waals surface area contributed by atoms with Crippen LogP contribution in [0.2, 0.25) is 0 Å². The van der Waals surface area contributed by atoms with Crippen LogP contribution >= 0.6 is 11.3 Å². The molecular formula is C12H18N2OS. The fraction of sp³-hybridized carbons (Fsp3) is 0.583. The smallest absolute Gasteiger partial charge is 0.227 e. The molecule has 1 aliphatic rings. The first kappa shape index (κ1) is 11.6. The fourth-order valence-electron chi connectivity index (χ4n) is 2.21. The predicted molar refractivity (Wildman–Crippen MR) is 66.7 cm³/mol. The maximum atomic E-state index is 12.1. The van der Waals surface area contributed by atoms with Crippen molar-refractivity contribution >= 4 is 17.2 Å². The maximum absolute atomic E-state index is 12.1. The number of carbonyl (C=O) groups excluding carboxylic acids is 1. The second-order valence-electron chi connectivity index (χ2n) is 4.13. The number of hydrogen-bond donors (Lipinski definition) is 1. The van der Waals surface area contributed by atoms with Crippen molar-refractivity contribution in [1.29, 1.82) is 0 Å². The van der Waals surface area contributed by atoms with Gasteiger partial charge in [0.25, 0.3) is 0 Å². The van der Waals surface area contributed by atoms with Crippen molar-refractivity contribution in [3.8, 4) is 0 Å². The number of likely N-dealkylation sites (N-methyl/N-ethyl adjacent to an activating group) is 1. The van der Waals surface area contributed by atoms with E-state index in [0.29, 0.717) is 12.5 Å². The standard InChI is InChI=1S/C12H18N2OS/c1-2-14(11-3-5-13-8-11)12(15)7-10-4-6-16-9-10/h4,6,9,11,13H,2-3,5,7-8H2,1H3. The topological polar surface area (TPSA) is 32.3 Å². The van der Waals surface area contributed by atoms with Crippen molar-refractivity contribution in [3.05, 3.63) is 22.4 Å². The van der Waals surface area contributed by atoms with Gasteiger partial charge < -0.3 is 10.2 Å². The molecule has 0 radical (unpaired) electrons. The Morgan fingerprint density at radius 1 is 1.69 bits per heavy atom. The molecule has 1 atom stereocenters. The van der Waals surface area contributed by atoms with Gasteiger partial charge in [0.1, 0.15) is 0 Å². The first-order chi connectivity index (χ1) is 7.81. The third kappa shape index (κ3) is 2.62. The molecule has 1 fully saturated rings. The number of nitrogens with one attached hydrogen (secondary N) is 1. The first-order valence-electron chi connectivity index (χ1n) is 5.82. The lowest BCUT2D eigenvalue weighted by molar-refractivity contribution is -0.132. The molecule has 0 saturated carbocycles. The molecule has 1 aromatic heterocycles. The van der Waals surface area contributed by atoms with Crippen LogP contribution in [0, 0.1) is 0 Å². The molecule has 88 valence electrons. The second-order valence-corrected chi connectivity index (χ2v) is 4.91. The molecule has 0 spiro atoms. The van der Waals surface area contributed by atoms with E-state index >= 15 is 0 Å². The van der Waals surface area contributed by atoms with Crippen LogP contribution in [0.25, 0.3) is 0 Å². The van der Waals surface area contributed by atoms with Crippen molar-refractivity contribution < 1.29 is 4.79 Å². The lowest BCUT2D eigenvalue weighted by atomic mass is 10.1. The normalized spacial score (nSPS) is 19.9. The molecule has 2 rings (SSSR count). The van der Waals surface area contributed by atoms with Crippen LogP contribution < -0.4 is 5.32 Å². The Balaban J connectivity index is 1.95. The molecule has 0 aromatic carbocycles. The zero-order valence-corrected chi connectivity index (χ0v) is 10.4. The van der Waals surface area contributed by atoms with Gasteiger partial charge in [0.15, 0.2) is 0 Å². The minimum atomic E-state index is 0.259. The molecule has 1 N–H and O–H groups in total. The summed E-state index contributed by atoms with van der Waals surface area (Å²) in [6.45, 7) is 4.86. The second kappa shape index (κ2) is 5.46. The van der Waals surface area contributed by atoms with Gasteiger partial charge in [-0.3, -0.25) is 4.79 Å². The van der Waals surface area contributed by atoms with Crippen molar-refractivity contribution in [2.45, 2.75) is 25.8 Å². The Morgan fingerprint density at radius 2 is 2.56 bits per heavy atom. The van der Waals surface area contributed by atoms with Crippen molar-refractivity contribution in [3.63, 3.8) is 0 Å². The predicted octanol–water partition coefficient (Wildman–Crippen LogP) is 1.50. The molecule has 1 aromatic rings. The summed E-state index contributed by atoms with van der Waals surface area (Å²) in [7, 11) is 0. The highest BCUT2D eigenvalue weighted by Crippen LogP contribution is 2.13. The van der Waals surface area contributed by atoms with Crippen LogP contribution in [0.1, 0.15) is 18.9 Å². The molecule has 4 heteroatoms. The van der Waals surface area contributed by atoms with Gasteiger partial charge in [0.2, 0.25) is 5.91 Å². The van der Waals surface area contributed by atoms with Crippen molar-refractivity contribution in [1.82, 2.24) is 10.2 Å². The highest BCUT2D eigenvalue weighted by Gasteiger charge is 2.24. The lowest BCUT2D eigenvalue weighted by Crippen LogP contribution is -2.42. The SMILES string of the molecule is CCN(C(=O)Cc1ccsc1)C1CCNC1. The monoisotopic (exact) mass is 238 g/mol. The van der Waals surface area contributed by atoms with Gasteiger partial charge in [0.05, 0.1) is 6.42 Å². The molecule has 1 unspecified atom stereocenters. The molecule has 1 amide bonds. The Bertz CT molecular complexity index is 331. The summed E-state index contributed by atoms with van der Waals surface area (Å²) in [5.41, 5.74) is 1.14. The van der Waals surface area contributed by atoms with E-state index in [1.165, 1.54) is 0 Å². The average molecular weight is 238 g/mol. The van der Waals surface area contributed by atoms with E-state index in [1.54, 1.807) is 11.3 Å². The molecule has 16 heavy (non-hydrogen) atoms. The van der Waals surface area contributed by atoms with Crippen molar-refractivity contribution in [2.24, 2.45) is 0 Å². The Labute approximate surface area is 100 Å². The number of carbonyl (C=O) groups is 1. The summed E-state index contributed by atoms with van der Waals surface area (Å²) in [4.78, 5) is 14.1. The van der Waals surface area contributed by atoms with Gasteiger partial charge in [-0.2, -0.15) is 11.3 Å². The largest absolute Gasteiger partial charge is 0.338 e. The Morgan fingerprint density at radius 3 is 3.12 bits per heavy atom. The van der Waals surface area contributed by atoms with E-state index < -0.39 is 0 Å². The maximum Gasteiger partial charge on any atom is 0.227 e. The zero-order valence-electron chi connectivity index (χ0n) is 9.61. The molecule has 1 saturated heterocycles. The molecule has 1 aliphatic heterocycles. The van der Waals surface area contributed by atoms with E-state index in [2.05, 4.69) is 17.6 Å². The average Bonchev–Trinajstić information content (AvgIpc) is 2.91. The lowest BCUT2D eigenvalue weighted by Gasteiger charge is -2.27. The van der Waals surface area contributed by atoms with E-state index in [-0.39, 0.29) is 5.91 Å². The van der Waals surface area contributed by atoms with Gasteiger partial charge in [-0.1, -0.05) is 0 Å². The number of nitrogens with zero attached hydrogens (tertiary/aromatic N) is 1. The molecule has 0 aliphatic carbocycles. The van der Waals surface area contributed by atoms with Gasteiger partial charge in [-0.15, -0.1) is 0 Å². The summed E-state index contributed by atoms with van der Waals surface area (Å²) in [6, 6.07) is 2.43. The van der Waals surface area contributed by atoms with Crippen LogP contribution in [-0.4, -0.2) is 36.5 Å². The van der Waals surface area contributed by atoms with Gasteiger partial charge in [0, 0.05) is 19.1 Å². The third-order valence-corrected chi connectivity index (χ3v) is 3.80. The minimum Gasteiger partial charge on any atom is -0.338 e. The quantitative estimate of drug-likeness (QED) is 0.862. The summed E-state index contributed by atoms with van der Waals surface area (Å²) in [5, 5.41) is 7.39. The zero-order chi connectivity index (χ0) is 11.4. The summed E-state index contributed by atoms with van der Waals surface area (Å²) >= 11 is 1.65. The molecular weight excluding hydrogens is 220 g/mol. The van der Waals surface area contributed by atoms with Gasteiger partial charge in [-0.05, 0) is 42.3 Å². The van der Waals surface area contributed by atoms with E-state index in [0.717, 1.165) is 31.6 Å². The highest BCUT2D eigenvalue weighted by molar-refractivity contribution is 7.07. The van der Waals surface area contributed by atoms with Crippen LogP contribution in [0.5, 0.6) is 0 Å². The summed E-state index contributed by atoms with van der Waals surface area (Å²) in [6.07, 6.45) is 1.64. The van der Waals surface area contributed by atoms with E-state index in [9.17, 15) is 4.79 Å². The molecule has 0 bridgehead atoms.